The summed E-state index contributed by atoms with van der Waals surface area (Å²) in [5, 5.41) is 0. The lowest BCUT2D eigenvalue weighted by Crippen LogP contribution is -2.23. The van der Waals surface area contributed by atoms with Gasteiger partial charge in [0.2, 0.25) is 0 Å². The van der Waals surface area contributed by atoms with Crippen molar-refractivity contribution in [3.8, 4) is 0 Å². The first kappa shape index (κ1) is 26.7. The van der Waals surface area contributed by atoms with Crippen LogP contribution >= 0.6 is 0 Å². The minimum atomic E-state index is -0.151. The average Bonchev–Trinajstić information content (AvgIpc) is 2.68. The van der Waals surface area contributed by atoms with Gasteiger partial charge in [-0.2, -0.15) is 0 Å². The Hall–Kier alpha value is -1.38. The lowest BCUT2D eigenvalue weighted by Gasteiger charge is -2.21. The molecule has 0 aliphatic rings. The molecule has 0 aromatic heterocycles. The summed E-state index contributed by atoms with van der Waals surface area (Å²) in [6.07, 6.45) is 12.3. The Balaban J connectivity index is 2.40. The molecule has 1 rings (SSSR count). The van der Waals surface area contributed by atoms with Gasteiger partial charge in [-0.1, -0.05) is 67.5 Å². The number of rotatable bonds is 16. The number of allylic oxidation sites excluding steroid dienone is 4. The third-order valence-corrected chi connectivity index (χ3v) is 5.50. The Morgan fingerprint density at radius 1 is 0.733 bits per heavy atom. The maximum absolute atomic E-state index is 6.19. The summed E-state index contributed by atoms with van der Waals surface area (Å²) < 4.78 is 12.4. The van der Waals surface area contributed by atoms with Gasteiger partial charge in [-0.3, -0.25) is 0 Å². The van der Waals surface area contributed by atoms with E-state index in [4.69, 9.17) is 9.47 Å². The molecule has 0 spiro atoms. The van der Waals surface area contributed by atoms with Crippen molar-refractivity contribution in [3.63, 3.8) is 0 Å². The van der Waals surface area contributed by atoms with Gasteiger partial charge in [-0.05, 0) is 83.6 Å². The van der Waals surface area contributed by atoms with E-state index in [9.17, 15) is 0 Å². The monoisotopic (exact) mass is 414 g/mol. The summed E-state index contributed by atoms with van der Waals surface area (Å²) >= 11 is 0. The number of hydrogen-bond acceptors (Lipinski definition) is 2. The van der Waals surface area contributed by atoms with Gasteiger partial charge in [0, 0.05) is 19.6 Å². The Labute approximate surface area is 186 Å². The summed E-state index contributed by atoms with van der Waals surface area (Å²) in [6.45, 7) is 14.9. The number of benzene rings is 1. The first-order valence-corrected chi connectivity index (χ1v) is 11.9. The van der Waals surface area contributed by atoms with Crippen molar-refractivity contribution in [3.05, 3.63) is 59.2 Å². The van der Waals surface area contributed by atoms with Crippen molar-refractivity contribution < 1.29 is 9.47 Å². The molecule has 170 valence electrons. The molecule has 0 bridgehead atoms. The van der Waals surface area contributed by atoms with E-state index in [0.29, 0.717) is 11.8 Å². The fraction of sp³-hybridized carbons (Fsp3) is 0.643. The average molecular weight is 415 g/mol. The van der Waals surface area contributed by atoms with Gasteiger partial charge < -0.3 is 9.47 Å². The Kier molecular flexibility index (Phi) is 14.5. The van der Waals surface area contributed by atoms with Crippen LogP contribution in [0, 0.1) is 11.8 Å². The largest absolute Gasteiger partial charge is 0.352 e. The molecule has 30 heavy (non-hydrogen) atoms. The van der Waals surface area contributed by atoms with E-state index in [1.54, 1.807) is 0 Å². The summed E-state index contributed by atoms with van der Waals surface area (Å²) in [6, 6.07) is 10.5. The molecule has 2 heteroatoms. The minimum Gasteiger partial charge on any atom is -0.352 e. The minimum absolute atomic E-state index is 0.151. The third-order valence-electron chi connectivity index (χ3n) is 5.50. The van der Waals surface area contributed by atoms with Crippen LogP contribution in [-0.2, 0) is 15.9 Å². The van der Waals surface area contributed by atoms with Crippen LogP contribution in [0.5, 0.6) is 0 Å². The molecule has 0 N–H and O–H groups in total. The first-order valence-electron chi connectivity index (χ1n) is 11.9. The van der Waals surface area contributed by atoms with Gasteiger partial charge in [0.1, 0.15) is 0 Å². The topological polar surface area (TPSA) is 18.5 Å². The fourth-order valence-corrected chi connectivity index (χ4v) is 3.38. The standard InChI is InChI=1S/C28H46O2/c1-23(2)12-10-14-25(5)18-20-29-28(22-27-16-8-7-9-17-27)30-21-19-26(6)15-11-13-24(3)4/h7-9,12-13,16-17,25-26,28H,10-11,14-15,18-22H2,1-6H3. The fourth-order valence-electron chi connectivity index (χ4n) is 3.38. The number of hydrogen-bond donors (Lipinski definition) is 0. The molecule has 0 aliphatic carbocycles. The Bertz CT molecular complexity index is 560. The summed E-state index contributed by atoms with van der Waals surface area (Å²) in [7, 11) is 0. The molecule has 2 unspecified atom stereocenters. The van der Waals surface area contributed by atoms with Gasteiger partial charge in [-0.15, -0.1) is 0 Å². The molecule has 0 heterocycles. The van der Waals surface area contributed by atoms with Crippen LogP contribution < -0.4 is 0 Å². The van der Waals surface area contributed by atoms with Crippen molar-refractivity contribution in [2.75, 3.05) is 13.2 Å². The summed E-state index contributed by atoms with van der Waals surface area (Å²) in [5.74, 6) is 1.35. The molecular formula is C28H46O2. The van der Waals surface area contributed by atoms with Crippen molar-refractivity contribution in [2.24, 2.45) is 11.8 Å². The van der Waals surface area contributed by atoms with Crippen LogP contribution in [0.1, 0.15) is 85.6 Å². The smallest absolute Gasteiger partial charge is 0.161 e. The quantitative estimate of drug-likeness (QED) is 0.201. The van der Waals surface area contributed by atoms with Gasteiger partial charge in [0.25, 0.3) is 0 Å². The molecule has 0 radical (unpaired) electrons. The van der Waals surface area contributed by atoms with Crippen LogP contribution in [0.25, 0.3) is 0 Å². The van der Waals surface area contributed by atoms with E-state index in [2.05, 4.69) is 84.0 Å². The van der Waals surface area contributed by atoms with Crippen molar-refractivity contribution in [1.29, 1.82) is 0 Å². The van der Waals surface area contributed by atoms with E-state index in [1.165, 1.54) is 29.6 Å². The Morgan fingerprint density at radius 3 is 1.63 bits per heavy atom. The second-order valence-electron chi connectivity index (χ2n) is 9.37. The van der Waals surface area contributed by atoms with Gasteiger partial charge in [0.05, 0.1) is 0 Å². The maximum Gasteiger partial charge on any atom is 0.161 e. The summed E-state index contributed by atoms with van der Waals surface area (Å²) in [5.41, 5.74) is 4.09. The highest BCUT2D eigenvalue weighted by Gasteiger charge is 2.13. The highest BCUT2D eigenvalue weighted by atomic mass is 16.7. The lowest BCUT2D eigenvalue weighted by atomic mass is 10.0. The Morgan fingerprint density at radius 2 is 1.20 bits per heavy atom. The van der Waals surface area contributed by atoms with Gasteiger partial charge in [0.15, 0.2) is 6.29 Å². The molecule has 1 aromatic carbocycles. The predicted octanol–water partition coefficient (Wildman–Crippen LogP) is 8.13. The van der Waals surface area contributed by atoms with Gasteiger partial charge >= 0.3 is 0 Å². The zero-order chi connectivity index (χ0) is 22.2. The van der Waals surface area contributed by atoms with E-state index >= 15 is 0 Å². The second kappa shape index (κ2) is 16.3. The molecule has 2 atom stereocenters. The zero-order valence-electron chi connectivity index (χ0n) is 20.5. The molecule has 0 aliphatic heterocycles. The van der Waals surface area contributed by atoms with E-state index < -0.39 is 0 Å². The van der Waals surface area contributed by atoms with E-state index in [1.807, 2.05) is 0 Å². The van der Waals surface area contributed by atoms with Crippen LogP contribution in [0.2, 0.25) is 0 Å². The first-order chi connectivity index (χ1) is 14.4. The summed E-state index contributed by atoms with van der Waals surface area (Å²) in [4.78, 5) is 0. The second-order valence-corrected chi connectivity index (χ2v) is 9.37. The van der Waals surface area contributed by atoms with Crippen molar-refractivity contribution >= 4 is 0 Å². The van der Waals surface area contributed by atoms with Gasteiger partial charge in [-0.25, -0.2) is 0 Å². The number of ether oxygens (including phenoxy) is 2. The molecule has 0 fully saturated rings. The molecule has 1 aromatic rings. The maximum atomic E-state index is 6.19. The highest BCUT2D eigenvalue weighted by Crippen LogP contribution is 2.16. The predicted molar refractivity (Wildman–Crippen MR) is 131 cm³/mol. The van der Waals surface area contributed by atoms with E-state index in [0.717, 1.165) is 45.3 Å². The van der Waals surface area contributed by atoms with Crippen LogP contribution in [0.15, 0.2) is 53.6 Å². The van der Waals surface area contributed by atoms with Crippen LogP contribution in [-0.4, -0.2) is 19.5 Å². The van der Waals surface area contributed by atoms with Crippen LogP contribution in [0.3, 0.4) is 0 Å². The normalized spacial score (nSPS) is 14.1. The zero-order valence-corrected chi connectivity index (χ0v) is 20.5. The molecule has 0 saturated carbocycles. The molecular weight excluding hydrogens is 368 g/mol. The van der Waals surface area contributed by atoms with Crippen molar-refractivity contribution in [1.82, 2.24) is 0 Å². The SMILES string of the molecule is CC(C)=CCCC(C)CCOC(Cc1ccccc1)OCCC(C)CCC=C(C)C. The molecule has 2 nitrogen and oxygen atoms in total. The molecule has 0 amide bonds. The molecule has 0 saturated heterocycles. The van der Waals surface area contributed by atoms with Crippen LogP contribution in [0.4, 0.5) is 0 Å². The van der Waals surface area contributed by atoms with Crippen molar-refractivity contribution in [2.45, 2.75) is 92.8 Å². The third kappa shape index (κ3) is 14.6. The van der Waals surface area contributed by atoms with E-state index in [-0.39, 0.29) is 6.29 Å². The highest BCUT2D eigenvalue weighted by molar-refractivity contribution is 5.15. The lowest BCUT2D eigenvalue weighted by molar-refractivity contribution is -0.145.